The molecular weight excluding hydrogens is 621 g/mol. The van der Waals surface area contributed by atoms with Crippen molar-refractivity contribution in [2.75, 3.05) is 25.1 Å². The number of rotatable bonds is 15. The van der Waals surface area contributed by atoms with Gasteiger partial charge in [-0.3, -0.25) is 14.2 Å². The Labute approximate surface area is 247 Å². The predicted octanol–water partition coefficient (Wildman–Crippen LogP) is 8.01. The predicted molar refractivity (Wildman–Crippen MR) is 160 cm³/mol. The lowest BCUT2D eigenvalue weighted by atomic mass is 9.99. The van der Waals surface area contributed by atoms with Gasteiger partial charge in [-0.25, -0.2) is 0 Å². The highest BCUT2D eigenvalue weighted by molar-refractivity contribution is 9.10. The summed E-state index contributed by atoms with van der Waals surface area (Å²) in [6, 6.07) is 18.3. The number of ketones is 1. The maximum Gasteiger partial charge on any atom is 0.344 e. The van der Waals surface area contributed by atoms with Crippen LogP contribution in [0.25, 0.3) is 0 Å². The van der Waals surface area contributed by atoms with Gasteiger partial charge < -0.3 is 24.2 Å². The monoisotopic (exact) mass is 651 g/mol. The van der Waals surface area contributed by atoms with Crippen LogP contribution in [0.15, 0.2) is 65.1 Å². The fourth-order valence-corrected chi connectivity index (χ4v) is 7.03. The summed E-state index contributed by atoms with van der Waals surface area (Å²) in [7, 11) is -3.83. The van der Waals surface area contributed by atoms with Crippen molar-refractivity contribution in [2.45, 2.75) is 39.5 Å². The fourth-order valence-electron chi connectivity index (χ4n) is 4.12. The Morgan fingerprint density at radius 1 is 1.05 bits per heavy atom. The Morgan fingerprint density at radius 3 is 2.33 bits per heavy atom. The van der Waals surface area contributed by atoms with Crippen LogP contribution in [-0.4, -0.2) is 42.3 Å². The average Bonchev–Trinajstić information content (AvgIpc) is 2.89. The summed E-state index contributed by atoms with van der Waals surface area (Å²) in [5.41, 5.74) is 2.69. The van der Waals surface area contributed by atoms with Gasteiger partial charge in [-0.05, 0) is 66.9 Å². The number of aryl methyl sites for hydroxylation is 1. The van der Waals surface area contributed by atoms with Gasteiger partial charge in [-0.1, -0.05) is 54.1 Å². The summed E-state index contributed by atoms with van der Waals surface area (Å²) in [6.07, 6.45) is -0.0405. The summed E-state index contributed by atoms with van der Waals surface area (Å²) in [5.74, 6) is -1.43. The third-order valence-electron chi connectivity index (χ3n) is 6.03. The van der Waals surface area contributed by atoms with E-state index in [1.165, 1.54) is 0 Å². The van der Waals surface area contributed by atoms with Gasteiger partial charge in [-0.2, -0.15) is 0 Å². The minimum Gasteiger partial charge on any atom is -0.481 e. The van der Waals surface area contributed by atoms with E-state index in [1.807, 2.05) is 49.4 Å². The molecular formula is C29H32BrClNO7P. The Kier molecular flexibility index (Phi) is 11.9. The number of benzene rings is 3. The van der Waals surface area contributed by atoms with Crippen molar-refractivity contribution in [1.82, 2.24) is 0 Å². The van der Waals surface area contributed by atoms with Gasteiger partial charge in [0.2, 0.25) is 0 Å². The first-order valence-corrected chi connectivity index (χ1v) is 15.5. The Hall–Kier alpha value is -2.52. The zero-order chi connectivity index (χ0) is 29.3. The van der Waals surface area contributed by atoms with Crippen LogP contribution in [0.4, 0.5) is 11.4 Å². The highest BCUT2D eigenvalue weighted by Gasteiger charge is 2.40. The molecule has 214 valence electrons. The second-order valence-corrected chi connectivity index (χ2v) is 12.3. The van der Waals surface area contributed by atoms with E-state index in [9.17, 15) is 19.3 Å². The summed E-state index contributed by atoms with van der Waals surface area (Å²) in [4.78, 5) is 25.0. The lowest BCUT2D eigenvalue weighted by molar-refractivity contribution is -0.137. The minimum absolute atomic E-state index is 0.0303. The first kappa shape index (κ1) is 32.0. The van der Waals surface area contributed by atoms with Crippen molar-refractivity contribution in [3.05, 3.63) is 92.4 Å². The van der Waals surface area contributed by atoms with Crippen LogP contribution < -0.4 is 5.32 Å². The van der Waals surface area contributed by atoms with Crippen LogP contribution in [0.5, 0.6) is 0 Å². The molecule has 8 nitrogen and oxygen atoms in total. The second-order valence-electron chi connectivity index (χ2n) is 8.81. The first-order chi connectivity index (χ1) is 19.1. The Balaban J connectivity index is 1.71. The van der Waals surface area contributed by atoms with Crippen LogP contribution in [0, 0.1) is 6.92 Å². The number of halogens is 2. The molecule has 2 N–H and O–H groups in total. The average molecular weight is 653 g/mol. The highest BCUT2D eigenvalue weighted by atomic mass is 79.9. The van der Waals surface area contributed by atoms with E-state index in [4.69, 9.17) is 25.4 Å². The van der Waals surface area contributed by atoms with Gasteiger partial charge in [0.1, 0.15) is 0 Å². The highest BCUT2D eigenvalue weighted by Crippen LogP contribution is 2.54. The molecule has 1 atom stereocenters. The molecule has 0 aliphatic carbocycles. The lowest BCUT2D eigenvalue weighted by Crippen LogP contribution is -2.25. The largest absolute Gasteiger partial charge is 0.481 e. The number of carbonyl (C=O) groups is 2. The van der Waals surface area contributed by atoms with Gasteiger partial charge in [-0.15, -0.1) is 0 Å². The van der Waals surface area contributed by atoms with E-state index in [0.29, 0.717) is 26.3 Å². The second kappa shape index (κ2) is 14.9. The van der Waals surface area contributed by atoms with Crippen LogP contribution >= 0.6 is 35.1 Å². The maximum atomic E-state index is 13.2. The number of para-hydroxylation sites is 1. The molecule has 0 spiro atoms. The SMILES string of the molecule is CCOP(=O)(OCC)C(CCOCc1ccccc1Nc1cc(Cl)c(C(=O)c2ccccc2C)c(Br)c1)C(=O)O. The molecule has 11 heteroatoms. The van der Waals surface area contributed by atoms with E-state index in [2.05, 4.69) is 21.2 Å². The smallest absolute Gasteiger partial charge is 0.344 e. The normalized spacial score (nSPS) is 12.2. The number of hydrogen-bond acceptors (Lipinski definition) is 7. The summed E-state index contributed by atoms with van der Waals surface area (Å²) < 4.78 is 29.7. The van der Waals surface area contributed by atoms with Crippen molar-refractivity contribution in [3.8, 4) is 0 Å². The Morgan fingerprint density at radius 2 is 1.70 bits per heavy atom. The molecule has 0 radical (unpaired) electrons. The van der Waals surface area contributed by atoms with Crippen molar-refractivity contribution >= 4 is 58.3 Å². The number of aliphatic carboxylic acids is 1. The summed E-state index contributed by atoms with van der Waals surface area (Å²) in [5, 5.41) is 13.2. The molecule has 0 fully saturated rings. The number of nitrogens with one attached hydrogen (secondary N) is 1. The molecule has 0 amide bonds. The van der Waals surface area contributed by atoms with E-state index in [1.54, 1.807) is 32.0 Å². The summed E-state index contributed by atoms with van der Waals surface area (Å²) in [6.45, 7) is 5.48. The van der Waals surface area contributed by atoms with Gasteiger partial charge in [0.15, 0.2) is 11.4 Å². The third kappa shape index (κ3) is 8.03. The molecule has 0 aliphatic rings. The summed E-state index contributed by atoms with van der Waals surface area (Å²) >= 11 is 10.1. The molecule has 1 unspecified atom stereocenters. The number of anilines is 2. The van der Waals surface area contributed by atoms with Crippen molar-refractivity contribution in [2.24, 2.45) is 0 Å². The molecule has 3 aromatic rings. The minimum atomic E-state index is -3.83. The zero-order valence-electron chi connectivity index (χ0n) is 22.5. The van der Waals surface area contributed by atoms with Crippen LogP contribution in [0.3, 0.4) is 0 Å². The fraction of sp³-hybridized carbons (Fsp3) is 0.310. The van der Waals surface area contributed by atoms with E-state index < -0.39 is 19.2 Å². The number of carboxylic acids is 1. The van der Waals surface area contributed by atoms with E-state index in [-0.39, 0.29) is 38.6 Å². The Bertz CT molecular complexity index is 1370. The number of carboxylic acid groups (broad SMARTS) is 1. The standard InChI is InChI=1S/C29H32BrClNO7P/c1-4-38-40(36,39-5-2)26(29(34)35)14-15-37-18-20-11-7-9-13-25(20)32-21-16-23(30)27(24(31)17-21)28(33)22-12-8-6-10-19(22)3/h6-13,16-17,26,32H,4-5,14-15,18H2,1-3H3,(H,34,35). The maximum absolute atomic E-state index is 13.2. The van der Waals surface area contributed by atoms with Crippen molar-refractivity contribution in [3.63, 3.8) is 0 Å². The van der Waals surface area contributed by atoms with Crippen LogP contribution in [-0.2, 0) is 29.8 Å². The quantitative estimate of drug-likeness (QED) is 0.0965. The molecule has 3 rings (SSSR count). The zero-order valence-corrected chi connectivity index (χ0v) is 25.7. The molecule has 0 aromatic heterocycles. The number of carbonyl (C=O) groups excluding carboxylic acids is 1. The third-order valence-corrected chi connectivity index (χ3v) is 9.44. The van der Waals surface area contributed by atoms with Gasteiger partial charge in [0.05, 0.1) is 30.4 Å². The van der Waals surface area contributed by atoms with Crippen molar-refractivity contribution in [1.29, 1.82) is 0 Å². The molecule has 0 heterocycles. The topological polar surface area (TPSA) is 111 Å². The van der Waals surface area contributed by atoms with Gasteiger partial charge >= 0.3 is 13.6 Å². The molecule has 0 aliphatic heterocycles. The molecule has 3 aromatic carbocycles. The van der Waals surface area contributed by atoms with Crippen LogP contribution in [0.1, 0.15) is 47.3 Å². The number of hydrogen-bond donors (Lipinski definition) is 2. The molecule has 0 saturated heterocycles. The molecule has 0 saturated carbocycles. The van der Waals surface area contributed by atoms with Crippen molar-refractivity contribution < 1.29 is 33.0 Å². The van der Waals surface area contributed by atoms with Gasteiger partial charge in [0, 0.05) is 33.6 Å². The number of ether oxygens (including phenoxy) is 1. The molecule has 0 bridgehead atoms. The van der Waals surface area contributed by atoms with Crippen LogP contribution in [0.2, 0.25) is 5.02 Å². The van der Waals surface area contributed by atoms with E-state index >= 15 is 0 Å². The van der Waals surface area contributed by atoms with Gasteiger partial charge in [0.25, 0.3) is 0 Å². The first-order valence-electron chi connectivity index (χ1n) is 12.7. The molecule has 40 heavy (non-hydrogen) atoms. The van der Waals surface area contributed by atoms with E-state index in [0.717, 1.165) is 16.8 Å². The lowest BCUT2D eigenvalue weighted by Gasteiger charge is -2.23.